The number of aliphatic hydroxyl groups is 1. The molecule has 0 spiro atoms. The number of carbonyl (C=O) groups excluding carboxylic acids is 1. The second kappa shape index (κ2) is 7.28. The van der Waals surface area contributed by atoms with Gasteiger partial charge < -0.3 is 10.2 Å². The van der Waals surface area contributed by atoms with Crippen molar-refractivity contribution in [3.05, 3.63) is 24.0 Å². The standard InChI is InChI=1S/C21H30N2O3/c24-18-6-7-19(22-11-18)20(25)14-23-12-16-9-21(26,10-17(16)13-23)8-15-4-2-1-3-5-15/h6-7,11,15-17,24,26H,1-5,8-10,12-14H2. The summed E-state index contributed by atoms with van der Waals surface area (Å²) in [5, 5.41) is 20.4. The summed E-state index contributed by atoms with van der Waals surface area (Å²) in [6.45, 7) is 2.19. The summed E-state index contributed by atoms with van der Waals surface area (Å²) in [4.78, 5) is 18.6. The Bertz CT molecular complexity index is 625. The number of likely N-dealkylation sites (tertiary alicyclic amines) is 1. The molecular formula is C21H30N2O3. The van der Waals surface area contributed by atoms with Gasteiger partial charge in [-0.15, -0.1) is 0 Å². The van der Waals surface area contributed by atoms with Gasteiger partial charge in [0, 0.05) is 13.1 Å². The molecule has 1 saturated heterocycles. The molecule has 1 aromatic heterocycles. The van der Waals surface area contributed by atoms with Crippen molar-refractivity contribution in [3.8, 4) is 5.75 Å². The summed E-state index contributed by atoms with van der Waals surface area (Å²) in [5.74, 6) is 1.83. The first-order chi connectivity index (χ1) is 12.5. The quantitative estimate of drug-likeness (QED) is 0.792. The molecule has 2 N–H and O–H groups in total. The van der Waals surface area contributed by atoms with Crippen molar-refractivity contribution in [2.75, 3.05) is 19.6 Å². The van der Waals surface area contributed by atoms with Gasteiger partial charge in [0.15, 0.2) is 5.78 Å². The van der Waals surface area contributed by atoms with E-state index < -0.39 is 5.60 Å². The lowest BCUT2D eigenvalue weighted by Gasteiger charge is -2.32. The molecular weight excluding hydrogens is 328 g/mol. The van der Waals surface area contributed by atoms with Gasteiger partial charge in [-0.05, 0) is 49.1 Å². The van der Waals surface area contributed by atoms with Crippen molar-refractivity contribution in [1.82, 2.24) is 9.88 Å². The van der Waals surface area contributed by atoms with E-state index in [0.29, 0.717) is 30.0 Å². The number of Topliss-reactive ketones (excluding diaryl/α,β-unsaturated/α-hetero) is 1. The normalized spacial score (nSPS) is 32.7. The Labute approximate surface area is 155 Å². The lowest BCUT2D eigenvalue weighted by Crippen LogP contribution is -2.34. The van der Waals surface area contributed by atoms with E-state index in [2.05, 4.69) is 9.88 Å². The zero-order valence-corrected chi connectivity index (χ0v) is 15.4. The number of ketones is 1. The van der Waals surface area contributed by atoms with Gasteiger partial charge in [0.25, 0.3) is 0 Å². The molecule has 26 heavy (non-hydrogen) atoms. The third-order valence-electron chi connectivity index (χ3n) is 6.73. The lowest BCUT2D eigenvalue weighted by atomic mass is 9.79. The van der Waals surface area contributed by atoms with Gasteiger partial charge in [-0.2, -0.15) is 0 Å². The topological polar surface area (TPSA) is 73.7 Å². The Kier molecular flexibility index (Phi) is 5.02. The first kappa shape index (κ1) is 17.9. The number of carbonyl (C=O) groups is 1. The molecule has 1 aromatic rings. The van der Waals surface area contributed by atoms with Gasteiger partial charge in [-0.3, -0.25) is 9.69 Å². The highest BCUT2D eigenvalue weighted by atomic mass is 16.3. The molecule has 0 bridgehead atoms. The van der Waals surface area contributed by atoms with E-state index in [1.165, 1.54) is 44.4 Å². The molecule has 2 aliphatic carbocycles. The zero-order valence-electron chi connectivity index (χ0n) is 15.4. The molecule has 4 rings (SSSR count). The first-order valence-corrected chi connectivity index (χ1v) is 10.1. The molecule has 0 amide bonds. The number of pyridine rings is 1. The minimum Gasteiger partial charge on any atom is -0.506 e. The van der Waals surface area contributed by atoms with Crippen LogP contribution in [0, 0.1) is 17.8 Å². The van der Waals surface area contributed by atoms with Crippen LogP contribution in [0.5, 0.6) is 5.75 Å². The first-order valence-electron chi connectivity index (χ1n) is 10.1. The van der Waals surface area contributed by atoms with Crippen LogP contribution in [0.4, 0.5) is 0 Å². The highest BCUT2D eigenvalue weighted by molar-refractivity contribution is 5.95. The number of hydrogen-bond acceptors (Lipinski definition) is 5. The van der Waals surface area contributed by atoms with Gasteiger partial charge in [0.1, 0.15) is 11.4 Å². The lowest BCUT2D eigenvalue weighted by molar-refractivity contribution is 0.00622. The third-order valence-corrected chi connectivity index (χ3v) is 6.73. The Morgan fingerprint density at radius 3 is 2.46 bits per heavy atom. The molecule has 3 aliphatic rings. The summed E-state index contributed by atoms with van der Waals surface area (Å²) in [6, 6.07) is 3.09. The van der Waals surface area contributed by atoms with Crippen LogP contribution < -0.4 is 0 Å². The van der Waals surface area contributed by atoms with Gasteiger partial charge in [0.05, 0.1) is 18.3 Å². The molecule has 3 fully saturated rings. The minimum absolute atomic E-state index is 0.00226. The molecule has 0 aromatic carbocycles. The monoisotopic (exact) mass is 358 g/mol. The van der Waals surface area contributed by atoms with E-state index in [-0.39, 0.29) is 11.5 Å². The number of nitrogens with zero attached hydrogens (tertiary/aromatic N) is 2. The van der Waals surface area contributed by atoms with Crippen molar-refractivity contribution < 1.29 is 15.0 Å². The Hall–Kier alpha value is -1.46. The molecule has 2 unspecified atom stereocenters. The van der Waals surface area contributed by atoms with Crippen LogP contribution in [0.25, 0.3) is 0 Å². The van der Waals surface area contributed by atoms with Crippen LogP contribution in [0.1, 0.15) is 61.9 Å². The molecule has 5 heteroatoms. The maximum atomic E-state index is 12.4. The zero-order chi connectivity index (χ0) is 18.1. The van der Waals surface area contributed by atoms with Crippen LogP contribution in [0.3, 0.4) is 0 Å². The summed E-state index contributed by atoms with van der Waals surface area (Å²) in [6.07, 6.45) is 10.7. The fourth-order valence-electron chi connectivity index (χ4n) is 5.62. The van der Waals surface area contributed by atoms with E-state index in [4.69, 9.17) is 0 Å². The molecule has 142 valence electrons. The van der Waals surface area contributed by atoms with Gasteiger partial charge in [-0.1, -0.05) is 32.1 Å². The van der Waals surface area contributed by atoms with Crippen molar-refractivity contribution in [3.63, 3.8) is 0 Å². The molecule has 1 aliphatic heterocycles. The number of fused-ring (bicyclic) bond motifs is 1. The Balaban J connectivity index is 1.29. The summed E-state index contributed by atoms with van der Waals surface area (Å²) in [5.41, 5.74) is -0.0555. The van der Waals surface area contributed by atoms with E-state index in [1.807, 2.05) is 0 Å². The van der Waals surface area contributed by atoms with Crippen molar-refractivity contribution in [2.45, 2.75) is 57.0 Å². The number of hydrogen-bond donors (Lipinski definition) is 2. The Morgan fingerprint density at radius 1 is 1.15 bits per heavy atom. The van der Waals surface area contributed by atoms with Crippen molar-refractivity contribution in [2.24, 2.45) is 17.8 Å². The number of aromatic nitrogens is 1. The Morgan fingerprint density at radius 2 is 1.85 bits per heavy atom. The van der Waals surface area contributed by atoms with Gasteiger partial charge in [0.2, 0.25) is 0 Å². The highest BCUT2D eigenvalue weighted by Gasteiger charge is 2.48. The SMILES string of the molecule is O=C(CN1CC2CC(O)(CC3CCCCC3)CC2C1)c1ccc(O)cn1. The molecule has 2 atom stereocenters. The van der Waals surface area contributed by atoms with E-state index >= 15 is 0 Å². The van der Waals surface area contributed by atoms with Crippen LogP contribution in [0.15, 0.2) is 18.3 Å². The fourth-order valence-corrected chi connectivity index (χ4v) is 5.62. The number of aromatic hydroxyl groups is 1. The van der Waals surface area contributed by atoms with Crippen molar-refractivity contribution >= 4 is 5.78 Å². The molecule has 2 heterocycles. The average molecular weight is 358 g/mol. The predicted molar refractivity (Wildman–Crippen MR) is 99.0 cm³/mol. The van der Waals surface area contributed by atoms with Crippen LogP contribution in [0.2, 0.25) is 0 Å². The predicted octanol–water partition coefficient (Wildman–Crippen LogP) is 3.01. The van der Waals surface area contributed by atoms with Crippen molar-refractivity contribution in [1.29, 1.82) is 0 Å². The van der Waals surface area contributed by atoms with Gasteiger partial charge in [-0.25, -0.2) is 4.98 Å². The highest BCUT2D eigenvalue weighted by Crippen LogP contribution is 2.47. The average Bonchev–Trinajstić information content (AvgIpc) is 3.10. The number of rotatable bonds is 5. The summed E-state index contributed by atoms with van der Waals surface area (Å²) in [7, 11) is 0. The second-order valence-electron chi connectivity index (χ2n) is 8.88. The third kappa shape index (κ3) is 3.94. The van der Waals surface area contributed by atoms with Crippen LogP contribution in [-0.4, -0.2) is 51.1 Å². The van der Waals surface area contributed by atoms with Crippen LogP contribution in [-0.2, 0) is 0 Å². The molecule has 0 radical (unpaired) electrons. The minimum atomic E-state index is -0.466. The maximum Gasteiger partial charge on any atom is 0.195 e. The fraction of sp³-hybridized carbons (Fsp3) is 0.714. The summed E-state index contributed by atoms with van der Waals surface area (Å²) < 4.78 is 0. The molecule has 5 nitrogen and oxygen atoms in total. The van der Waals surface area contributed by atoms with E-state index in [0.717, 1.165) is 32.4 Å². The summed E-state index contributed by atoms with van der Waals surface area (Å²) >= 11 is 0. The van der Waals surface area contributed by atoms with E-state index in [9.17, 15) is 15.0 Å². The van der Waals surface area contributed by atoms with E-state index in [1.54, 1.807) is 6.07 Å². The smallest absolute Gasteiger partial charge is 0.195 e. The second-order valence-corrected chi connectivity index (χ2v) is 8.88. The maximum absolute atomic E-state index is 12.4. The largest absolute Gasteiger partial charge is 0.506 e. The molecule has 2 saturated carbocycles. The van der Waals surface area contributed by atoms with Gasteiger partial charge >= 0.3 is 0 Å². The van der Waals surface area contributed by atoms with Crippen LogP contribution >= 0.6 is 0 Å².